The molecule has 0 amide bonds. The molecule has 0 aliphatic heterocycles. The van der Waals surface area contributed by atoms with Crippen LogP contribution in [-0.2, 0) is 19.3 Å². The number of benzene rings is 4. The number of rotatable bonds is 13. The van der Waals surface area contributed by atoms with E-state index in [0.29, 0.717) is 0 Å². The zero-order valence-corrected chi connectivity index (χ0v) is 24.2. The van der Waals surface area contributed by atoms with Gasteiger partial charge in [0.25, 0.3) is 0 Å². The number of allylic oxidation sites excluding steroid dienone is 1. The van der Waals surface area contributed by atoms with Crippen molar-refractivity contribution in [1.82, 2.24) is 0 Å². The quantitative estimate of drug-likeness (QED) is 0.159. The van der Waals surface area contributed by atoms with Crippen LogP contribution in [0.2, 0.25) is 0 Å². The third-order valence-corrected chi connectivity index (χ3v) is 7.93. The predicted octanol–water partition coefficient (Wildman–Crippen LogP) is 11.2. The number of fused-ring (bicyclic) bond motifs is 1. The molecule has 0 atom stereocenters. The van der Waals surface area contributed by atoms with Crippen LogP contribution in [0.4, 0.5) is 0 Å². The molecule has 38 heavy (non-hydrogen) atoms. The fraction of sp³-hybridized carbons (Fsp3) is 0.368. The van der Waals surface area contributed by atoms with Gasteiger partial charge in [0.2, 0.25) is 0 Å². The standard InChI is InChI=1S/C38H46/c1-28(2)15-14-20-32-17-10-12-21-36(32)35-26-23-31(27-30(35)5)16-8-6-7-9-19-34-25-24-33-18-11-13-22-37(33)38(34)29(3)4/h10-13,17-18,21-28H,3,6-9,14-16,19-20H2,1-2,4-5H3. The zero-order valence-electron chi connectivity index (χ0n) is 24.2. The maximum absolute atomic E-state index is 4.28. The first kappa shape index (κ1) is 27.9. The van der Waals surface area contributed by atoms with Gasteiger partial charge in [-0.25, -0.2) is 0 Å². The Kier molecular flexibility index (Phi) is 9.99. The minimum absolute atomic E-state index is 0.774. The van der Waals surface area contributed by atoms with Crippen molar-refractivity contribution in [3.8, 4) is 11.1 Å². The summed E-state index contributed by atoms with van der Waals surface area (Å²) >= 11 is 0. The van der Waals surface area contributed by atoms with Crippen LogP contribution < -0.4 is 0 Å². The Morgan fingerprint density at radius 1 is 0.684 bits per heavy atom. The average molecular weight is 503 g/mol. The van der Waals surface area contributed by atoms with E-state index < -0.39 is 0 Å². The van der Waals surface area contributed by atoms with Crippen molar-refractivity contribution >= 4 is 16.3 Å². The molecule has 0 N–H and O–H groups in total. The van der Waals surface area contributed by atoms with Crippen LogP contribution in [0.5, 0.6) is 0 Å². The largest absolute Gasteiger partial charge is 0.0955 e. The van der Waals surface area contributed by atoms with Gasteiger partial charge in [0.05, 0.1) is 0 Å². The molecule has 0 aliphatic carbocycles. The number of aryl methyl sites for hydroxylation is 4. The molecule has 0 heteroatoms. The molecule has 0 bridgehead atoms. The molecule has 0 aromatic heterocycles. The lowest BCUT2D eigenvalue weighted by molar-refractivity contribution is 0.556. The lowest BCUT2D eigenvalue weighted by Gasteiger charge is -2.14. The molecule has 0 unspecified atom stereocenters. The van der Waals surface area contributed by atoms with E-state index in [4.69, 9.17) is 0 Å². The molecule has 0 spiro atoms. The highest BCUT2D eigenvalue weighted by Crippen LogP contribution is 2.31. The normalized spacial score (nSPS) is 11.4. The molecule has 0 saturated heterocycles. The molecule has 0 nitrogen and oxygen atoms in total. The van der Waals surface area contributed by atoms with Crippen LogP contribution in [0.25, 0.3) is 27.5 Å². The second kappa shape index (κ2) is 13.6. The average Bonchev–Trinajstić information content (AvgIpc) is 2.90. The summed E-state index contributed by atoms with van der Waals surface area (Å²) in [6.07, 6.45) is 11.1. The van der Waals surface area contributed by atoms with Crippen molar-refractivity contribution in [2.45, 2.75) is 85.5 Å². The monoisotopic (exact) mass is 502 g/mol. The van der Waals surface area contributed by atoms with E-state index in [1.165, 1.54) is 107 Å². The highest BCUT2D eigenvalue weighted by atomic mass is 14.1. The first-order chi connectivity index (χ1) is 18.4. The molecular formula is C38H46. The summed E-state index contributed by atoms with van der Waals surface area (Å²) in [5.41, 5.74) is 11.2. The first-order valence-electron chi connectivity index (χ1n) is 14.8. The molecule has 4 rings (SSSR count). The third-order valence-electron chi connectivity index (χ3n) is 7.93. The van der Waals surface area contributed by atoms with E-state index in [1.54, 1.807) is 0 Å². The summed E-state index contributed by atoms with van der Waals surface area (Å²) in [5, 5.41) is 2.65. The van der Waals surface area contributed by atoms with Crippen LogP contribution >= 0.6 is 0 Å². The number of hydrogen-bond acceptors (Lipinski definition) is 0. The minimum Gasteiger partial charge on any atom is -0.0955 e. The van der Waals surface area contributed by atoms with Crippen molar-refractivity contribution < 1.29 is 0 Å². The van der Waals surface area contributed by atoms with Gasteiger partial charge in [-0.2, -0.15) is 0 Å². The zero-order chi connectivity index (χ0) is 26.9. The van der Waals surface area contributed by atoms with Crippen molar-refractivity contribution in [2.75, 3.05) is 0 Å². The molecule has 0 heterocycles. The van der Waals surface area contributed by atoms with E-state index in [9.17, 15) is 0 Å². The first-order valence-corrected chi connectivity index (χ1v) is 14.8. The fourth-order valence-corrected chi connectivity index (χ4v) is 5.91. The lowest BCUT2D eigenvalue weighted by Crippen LogP contribution is -1.96. The summed E-state index contributed by atoms with van der Waals surface area (Å²) in [4.78, 5) is 0. The second-order valence-electron chi connectivity index (χ2n) is 11.6. The van der Waals surface area contributed by atoms with Gasteiger partial charge in [-0.15, -0.1) is 0 Å². The van der Waals surface area contributed by atoms with Gasteiger partial charge in [-0.1, -0.05) is 124 Å². The Hall–Kier alpha value is -3.12. The summed E-state index contributed by atoms with van der Waals surface area (Å²) in [6.45, 7) is 13.3. The third kappa shape index (κ3) is 7.25. The summed E-state index contributed by atoms with van der Waals surface area (Å²) in [6, 6.07) is 29.4. The maximum Gasteiger partial charge on any atom is -0.0106 e. The molecule has 0 saturated carbocycles. The Morgan fingerprint density at radius 2 is 1.39 bits per heavy atom. The van der Waals surface area contributed by atoms with Gasteiger partial charge in [0.1, 0.15) is 0 Å². The minimum atomic E-state index is 0.774. The van der Waals surface area contributed by atoms with Crippen LogP contribution in [0.1, 0.15) is 87.1 Å². The molecule has 198 valence electrons. The van der Waals surface area contributed by atoms with Gasteiger partial charge in [0.15, 0.2) is 0 Å². The maximum atomic E-state index is 4.28. The van der Waals surface area contributed by atoms with Gasteiger partial charge in [0, 0.05) is 0 Å². The SMILES string of the molecule is C=C(C)c1c(CCCCCCc2ccc(-c3ccccc3CCCC(C)C)c(C)c2)ccc2ccccc12. The Bertz CT molecular complexity index is 1350. The van der Waals surface area contributed by atoms with Gasteiger partial charge in [-0.05, 0) is 108 Å². The molecular weight excluding hydrogens is 456 g/mol. The van der Waals surface area contributed by atoms with E-state index in [0.717, 1.165) is 12.3 Å². The van der Waals surface area contributed by atoms with Crippen molar-refractivity contribution in [1.29, 1.82) is 0 Å². The molecule has 0 fully saturated rings. The van der Waals surface area contributed by atoms with E-state index in [2.05, 4.69) is 113 Å². The highest BCUT2D eigenvalue weighted by molar-refractivity contribution is 5.94. The summed E-state index contributed by atoms with van der Waals surface area (Å²) < 4.78 is 0. The summed E-state index contributed by atoms with van der Waals surface area (Å²) in [5.74, 6) is 0.774. The number of hydrogen-bond donors (Lipinski definition) is 0. The molecule has 4 aromatic carbocycles. The highest BCUT2D eigenvalue weighted by Gasteiger charge is 2.10. The van der Waals surface area contributed by atoms with Gasteiger partial charge in [-0.3, -0.25) is 0 Å². The smallest absolute Gasteiger partial charge is 0.0106 e. The lowest BCUT2D eigenvalue weighted by atomic mass is 9.91. The van der Waals surface area contributed by atoms with Crippen LogP contribution in [0.3, 0.4) is 0 Å². The van der Waals surface area contributed by atoms with Crippen molar-refractivity contribution in [3.05, 3.63) is 113 Å². The Morgan fingerprint density at radius 3 is 2.16 bits per heavy atom. The molecule has 0 aliphatic rings. The van der Waals surface area contributed by atoms with E-state index >= 15 is 0 Å². The van der Waals surface area contributed by atoms with Gasteiger partial charge >= 0.3 is 0 Å². The summed E-state index contributed by atoms with van der Waals surface area (Å²) in [7, 11) is 0. The fourth-order valence-electron chi connectivity index (χ4n) is 5.91. The topological polar surface area (TPSA) is 0 Å². The van der Waals surface area contributed by atoms with Crippen molar-refractivity contribution in [3.63, 3.8) is 0 Å². The number of unbranched alkanes of at least 4 members (excludes halogenated alkanes) is 3. The Balaban J connectivity index is 1.29. The van der Waals surface area contributed by atoms with Crippen LogP contribution in [0.15, 0.2) is 85.4 Å². The Labute approximate surface area is 231 Å². The molecule has 4 aromatic rings. The predicted molar refractivity (Wildman–Crippen MR) is 169 cm³/mol. The second-order valence-corrected chi connectivity index (χ2v) is 11.6. The molecule has 0 radical (unpaired) electrons. The van der Waals surface area contributed by atoms with E-state index in [-0.39, 0.29) is 0 Å². The van der Waals surface area contributed by atoms with Gasteiger partial charge < -0.3 is 0 Å². The van der Waals surface area contributed by atoms with Crippen LogP contribution in [0, 0.1) is 12.8 Å². The van der Waals surface area contributed by atoms with Crippen LogP contribution in [-0.4, -0.2) is 0 Å². The van der Waals surface area contributed by atoms with E-state index in [1.807, 2.05) is 0 Å². The van der Waals surface area contributed by atoms with Crippen molar-refractivity contribution in [2.24, 2.45) is 5.92 Å².